The zero-order valence-electron chi connectivity index (χ0n) is 10.1. The highest BCUT2D eigenvalue weighted by Gasteiger charge is 2.23. The third-order valence-electron chi connectivity index (χ3n) is 3.30. The number of aromatic hydroxyl groups is 2. The van der Waals surface area contributed by atoms with Gasteiger partial charge in [-0.15, -0.1) is 0 Å². The summed E-state index contributed by atoms with van der Waals surface area (Å²) >= 11 is 0. The second kappa shape index (κ2) is 5.27. The predicted octanol–water partition coefficient (Wildman–Crippen LogP) is 1.10. The molecule has 0 spiro atoms. The number of carbonyl (C=O) groups excluding carboxylic acids is 1. The van der Waals surface area contributed by atoms with Crippen LogP contribution in [0.25, 0.3) is 0 Å². The van der Waals surface area contributed by atoms with E-state index in [1.807, 2.05) is 0 Å². The molecule has 1 aliphatic rings. The number of amides is 1. The van der Waals surface area contributed by atoms with Crippen molar-refractivity contribution in [1.82, 2.24) is 5.32 Å². The van der Waals surface area contributed by atoms with E-state index < -0.39 is 0 Å². The molecule has 5 nitrogen and oxygen atoms in total. The van der Waals surface area contributed by atoms with E-state index in [0.717, 1.165) is 25.7 Å². The monoisotopic (exact) mass is 250 g/mol. The van der Waals surface area contributed by atoms with Gasteiger partial charge in [-0.25, -0.2) is 0 Å². The summed E-state index contributed by atoms with van der Waals surface area (Å²) in [4.78, 5) is 12.0. The summed E-state index contributed by atoms with van der Waals surface area (Å²) in [6.45, 7) is 0. The first-order chi connectivity index (χ1) is 8.56. The molecule has 2 atom stereocenters. The van der Waals surface area contributed by atoms with Crippen molar-refractivity contribution in [2.45, 2.75) is 37.8 Å². The summed E-state index contributed by atoms with van der Waals surface area (Å²) < 4.78 is 0. The second-order valence-electron chi connectivity index (χ2n) is 4.77. The highest BCUT2D eigenvalue weighted by Crippen LogP contribution is 2.21. The normalized spacial score (nSPS) is 23.6. The molecule has 18 heavy (non-hydrogen) atoms. The number of hydrogen-bond acceptors (Lipinski definition) is 4. The van der Waals surface area contributed by atoms with Gasteiger partial charge in [0.1, 0.15) is 11.5 Å². The summed E-state index contributed by atoms with van der Waals surface area (Å²) in [7, 11) is 0. The van der Waals surface area contributed by atoms with E-state index in [0.29, 0.717) is 0 Å². The summed E-state index contributed by atoms with van der Waals surface area (Å²) in [6.07, 6.45) is 3.94. The molecular formula is C13H18N2O3. The fourth-order valence-electron chi connectivity index (χ4n) is 2.32. The Hall–Kier alpha value is -1.75. The van der Waals surface area contributed by atoms with Gasteiger partial charge in [-0.3, -0.25) is 4.79 Å². The van der Waals surface area contributed by atoms with Gasteiger partial charge in [0.25, 0.3) is 5.91 Å². The highest BCUT2D eigenvalue weighted by molar-refractivity contribution is 5.95. The van der Waals surface area contributed by atoms with Crippen LogP contribution in [0.1, 0.15) is 36.0 Å². The van der Waals surface area contributed by atoms with Gasteiger partial charge < -0.3 is 21.3 Å². The summed E-state index contributed by atoms with van der Waals surface area (Å²) in [6, 6.07) is 3.78. The van der Waals surface area contributed by atoms with E-state index in [1.54, 1.807) is 0 Å². The summed E-state index contributed by atoms with van der Waals surface area (Å²) in [5, 5.41) is 21.5. The molecule has 2 rings (SSSR count). The molecule has 0 bridgehead atoms. The molecule has 1 aromatic rings. The van der Waals surface area contributed by atoms with Gasteiger partial charge in [0.05, 0.1) is 0 Å². The molecule has 1 saturated carbocycles. The first kappa shape index (κ1) is 12.7. The van der Waals surface area contributed by atoms with E-state index in [4.69, 9.17) is 5.73 Å². The maximum atomic E-state index is 12.0. The molecule has 1 amide bonds. The number of phenols is 2. The Morgan fingerprint density at radius 1 is 1.17 bits per heavy atom. The van der Waals surface area contributed by atoms with Crippen molar-refractivity contribution in [1.29, 1.82) is 0 Å². The molecule has 5 heteroatoms. The lowest BCUT2D eigenvalue weighted by Crippen LogP contribution is -2.49. The molecule has 5 N–H and O–H groups in total. The minimum absolute atomic E-state index is 0.0198. The molecule has 1 aromatic carbocycles. The van der Waals surface area contributed by atoms with Gasteiger partial charge in [-0.1, -0.05) is 12.8 Å². The van der Waals surface area contributed by atoms with Crippen molar-refractivity contribution in [2.75, 3.05) is 0 Å². The Bertz CT molecular complexity index is 428. The van der Waals surface area contributed by atoms with Crippen LogP contribution in [0.5, 0.6) is 11.5 Å². The maximum Gasteiger partial charge on any atom is 0.251 e. The van der Waals surface area contributed by atoms with Crippen molar-refractivity contribution in [3.63, 3.8) is 0 Å². The third-order valence-corrected chi connectivity index (χ3v) is 3.30. The molecule has 0 aromatic heterocycles. The van der Waals surface area contributed by atoms with Gasteiger partial charge in [0, 0.05) is 23.7 Å². The van der Waals surface area contributed by atoms with Crippen LogP contribution in [-0.4, -0.2) is 28.2 Å². The van der Waals surface area contributed by atoms with Crippen molar-refractivity contribution in [3.05, 3.63) is 23.8 Å². The standard InChI is InChI=1S/C13H18N2O3/c14-11-3-1-2-4-12(11)15-13(18)8-5-9(16)7-10(17)6-8/h5-7,11-12,16-17H,1-4,14H2,(H,15,18)/t11-,12-/m1/s1. The lowest BCUT2D eigenvalue weighted by molar-refractivity contribution is 0.0920. The highest BCUT2D eigenvalue weighted by atomic mass is 16.3. The van der Waals surface area contributed by atoms with Crippen LogP contribution in [0.3, 0.4) is 0 Å². The zero-order valence-corrected chi connectivity index (χ0v) is 10.1. The number of hydrogen-bond donors (Lipinski definition) is 4. The largest absolute Gasteiger partial charge is 0.508 e. The average Bonchev–Trinajstić information content (AvgIpc) is 2.31. The quantitative estimate of drug-likeness (QED) is 0.632. The molecule has 1 fully saturated rings. The first-order valence-electron chi connectivity index (χ1n) is 6.16. The van der Waals surface area contributed by atoms with Crippen molar-refractivity contribution in [3.8, 4) is 11.5 Å². The fraction of sp³-hybridized carbons (Fsp3) is 0.462. The molecule has 1 aliphatic carbocycles. The second-order valence-corrected chi connectivity index (χ2v) is 4.77. The summed E-state index contributed by atoms with van der Waals surface area (Å²) in [5.41, 5.74) is 6.19. The van der Waals surface area contributed by atoms with E-state index in [9.17, 15) is 15.0 Å². The lowest BCUT2D eigenvalue weighted by Gasteiger charge is -2.29. The minimum atomic E-state index is -0.316. The van der Waals surface area contributed by atoms with Gasteiger partial charge in [-0.05, 0) is 25.0 Å². The minimum Gasteiger partial charge on any atom is -0.508 e. The maximum absolute atomic E-state index is 12.0. The lowest BCUT2D eigenvalue weighted by atomic mass is 9.91. The van der Waals surface area contributed by atoms with Crippen LogP contribution in [-0.2, 0) is 0 Å². The Morgan fingerprint density at radius 2 is 1.78 bits per heavy atom. The topological polar surface area (TPSA) is 95.6 Å². The predicted molar refractivity (Wildman–Crippen MR) is 67.5 cm³/mol. The Kier molecular flexibility index (Phi) is 3.72. The molecule has 0 unspecified atom stereocenters. The molecule has 0 saturated heterocycles. The fourth-order valence-corrected chi connectivity index (χ4v) is 2.32. The smallest absolute Gasteiger partial charge is 0.251 e. The third kappa shape index (κ3) is 2.92. The number of rotatable bonds is 2. The number of benzene rings is 1. The van der Waals surface area contributed by atoms with Crippen molar-refractivity contribution < 1.29 is 15.0 Å². The first-order valence-corrected chi connectivity index (χ1v) is 6.16. The zero-order chi connectivity index (χ0) is 13.1. The average molecular weight is 250 g/mol. The van der Waals surface area contributed by atoms with Crippen LogP contribution in [0.2, 0.25) is 0 Å². The molecule has 0 heterocycles. The van der Waals surface area contributed by atoms with E-state index in [2.05, 4.69) is 5.32 Å². The molecule has 0 radical (unpaired) electrons. The summed E-state index contributed by atoms with van der Waals surface area (Å²) in [5.74, 6) is -0.579. The van der Waals surface area contributed by atoms with Gasteiger partial charge >= 0.3 is 0 Å². The number of nitrogens with one attached hydrogen (secondary N) is 1. The van der Waals surface area contributed by atoms with Crippen molar-refractivity contribution in [2.24, 2.45) is 5.73 Å². The van der Waals surface area contributed by atoms with Gasteiger partial charge in [0.15, 0.2) is 0 Å². The van der Waals surface area contributed by atoms with Gasteiger partial charge in [0.2, 0.25) is 0 Å². The van der Waals surface area contributed by atoms with Crippen molar-refractivity contribution >= 4 is 5.91 Å². The van der Waals surface area contributed by atoms with Crippen LogP contribution in [0.15, 0.2) is 18.2 Å². The Balaban J connectivity index is 2.06. The number of phenolic OH excluding ortho intramolecular Hbond substituents is 2. The van der Waals surface area contributed by atoms with E-state index in [-0.39, 0.29) is 35.1 Å². The van der Waals surface area contributed by atoms with Crippen LogP contribution >= 0.6 is 0 Å². The Morgan fingerprint density at radius 3 is 2.39 bits per heavy atom. The number of carbonyl (C=O) groups is 1. The SMILES string of the molecule is N[C@@H]1CCCC[C@H]1NC(=O)c1cc(O)cc(O)c1. The Labute approximate surface area is 106 Å². The molecular weight excluding hydrogens is 232 g/mol. The van der Waals surface area contributed by atoms with Crippen LogP contribution in [0.4, 0.5) is 0 Å². The van der Waals surface area contributed by atoms with Crippen LogP contribution < -0.4 is 11.1 Å². The van der Waals surface area contributed by atoms with Gasteiger partial charge in [-0.2, -0.15) is 0 Å². The molecule has 0 aliphatic heterocycles. The van der Waals surface area contributed by atoms with Crippen LogP contribution in [0, 0.1) is 0 Å². The molecule has 98 valence electrons. The number of nitrogens with two attached hydrogens (primary N) is 1. The van der Waals surface area contributed by atoms with E-state index >= 15 is 0 Å². The van der Waals surface area contributed by atoms with E-state index in [1.165, 1.54) is 18.2 Å².